The number of nitrogens with zero attached hydrogens (tertiary/aromatic N) is 2. The number of aromatic nitrogens is 1. The zero-order chi connectivity index (χ0) is 19.6. The standard InChI is InChI=1S/C20H20N2O3S2/c1-12-5-6-17(9-14(12)3)22(15(4)23)20-21-16(11-27-20)10-25-19(24)18-13(2)7-8-26-18/h5-9,11H,10H2,1-4H3. The Morgan fingerprint density at radius 3 is 2.48 bits per heavy atom. The lowest BCUT2D eigenvalue weighted by Gasteiger charge is -2.19. The molecular weight excluding hydrogens is 380 g/mol. The van der Waals surface area contributed by atoms with Crippen LogP contribution in [-0.4, -0.2) is 16.9 Å². The molecule has 1 aromatic carbocycles. The average Bonchev–Trinajstić information content (AvgIpc) is 3.25. The highest BCUT2D eigenvalue weighted by atomic mass is 32.1. The number of amides is 1. The minimum absolute atomic E-state index is 0.0747. The van der Waals surface area contributed by atoms with Crippen LogP contribution < -0.4 is 4.90 Å². The number of esters is 1. The van der Waals surface area contributed by atoms with Gasteiger partial charge in [0.15, 0.2) is 5.13 Å². The second kappa shape index (κ2) is 8.02. The van der Waals surface area contributed by atoms with Gasteiger partial charge in [0.2, 0.25) is 5.91 Å². The summed E-state index contributed by atoms with van der Waals surface area (Å²) in [5.74, 6) is -0.472. The van der Waals surface area contributed by atoms with Crippen LogP contribution in [0.4, 0.5) is 10.8 Å². The maximum Gasteiger partial charge on any atom is 0.348 e. The Labute approximate surface area is 166 Å². The Hall–Kier alpha value is -2.51. The van der Waals surface area contributed by atoms with E-state index in [1.54, 1.807) is 10.3 Å². The fourth-order valence-electron chi connectivity index (χ4n) is 2.54. The number of carbonyl (C=O) groups is 2. The van der Waals surface area contributed by atoms with Crippen molar-refractivity contribution in [2.45, 2.75) is 34.3 Å². The predicted molar refractivity (Wildman–Crippen MR) is 109 cm³/mol. The smallest absolute Gasteiger partial charge is 0.348 e. The van der Waals surface area contributed by atoms with Crippen molar-refractivity contribution in [2.24, 2.45) is 0 Å². The van der Waals surface area contributed by atoms with Crippen molar-refractivity contribution in [3.63, 3.8) is 0 Å². The lowest BCUT2D eigenvalue weighted by Crippen LogP contribution is -2.22. The van der Waals surface area contributed by atoms with Crippen molar-refractivity contribution in [1.29, 1.82) is 0 Å². The molecule has 2 aromatic heterocycles. The number of thiophene rings is 1. The van der Waals surface area contributed by atoms with Crippen LogP contribution >= 0.6 is 22.7 Å². The molecule has 7 heteroatoms. The molecule has 0 N–H and O–H groups in total. The molecule has 5 nitrogen and oxygen atoms in total. The lowest BCUT2D eigenvalue weighted by atomic mass is 10.1. The van der Waals surface area contributed by atoms with E-state index >= 15 is 0 Å². The number of thiazole rings is 1. The van der Waals surface area contributed by atoms with E-state index in [2.05, 4.69) is 4.98 Å². The number of anilines is 2. The molecule has 0 saturated heterocycles. The quantitative estimate of drug-likeness (QED) is 0.554. The van der Waals surface area contributed by atoms with E-state index in [-0.39, 0.29) is 18.5 Å². The topological polar surface area (TPSA) is 59.5 Å². The van der Waals surface area contributed by atoms with Crippen LogP contribution in [0.1, 0.15) is 39.0 Å². The van der Waals surface area contributed by atoms with E-state index in [4.69, 9.17) is 4.74 Å². The summed E-state index contributed by atoms with van der Waals surface area (Å²) in [4.78, 5) is 31.0. The third-order valence-electron chi connectivity index (χ3n) is 4.19. The van der Waals surface area contributed by atoms with Crippen molar-refractivity contribution in [3.8, 4) is 0 Å². The van der Waals surface area contributed by atoms with Crippen LogP contribution in [0, 0.1) is 20.8 Å². The lowest BCUT2D eigenvalue weighted by molar-refractivity contribution is -0.115. The van der Waals surface area contributed by atoms with Gasteiger partial charge < -0.3 is 4.74 Å². The minimum atomic E-state index is -0.352. The molecular formula is C20H20N2O3S2. The molecule has 3 aromatic rings. The molecule has 1 amide bonds. The summed E-state index contributed by atoms with van der Waals surface area (Å²) in [5, 5.41) is 4.23. The molecule has 27 heavy (non-hydrogen) atoms. The van der Waals surface area contributed by atoms with E-state index in [9.17, 15) is 9.59 Å². The van der Waals surface area contributed by atoms with Crippen LogP contribution in [-0.2, 0) is 16.1 Å². The molecule has 0 fully saturated rings. The predicted octanol–water partition coefficient (Wildman–Crippen LogP) is 5.17. The van der Waals surface area contributed by atoms with Gasteiger partial charge in [-0.15, -0.1) is 22.7 Å². The first-order valence-corrected chi connectivity index (χ1v) is 10.2. The Morgan fingerprint density at radius 1 is 1.07 bits per heavy atom. The molecule has 2 heterocycles. The first-order chi connectivity index (χ1) is 12.9. The molecule has 0 atom stereocenters. The average molecular weight is 401 g/mol. The first kappa shape index (κ1) is 19.3. The van der Waals surface area contributed by atoms with Gasteiger partial charge in [0.25, 0.3) is 0 Å². The van der Waals surface area contributed by atoms with E-state index in [0.29, 0.717) is 15.7 Å². The zero-order valence-electron chi connectivity index (χ0n) is 15.6. The van der Waals surface area contributed by atoms with Crippen molar-refractivity contribution < 1.29 is 14.3 Å². The largest absolute Gasteiger partial charge is 0.455 e. The van der Waals surface area contributed by atoms with Crippen molar-refractivity contribution >= 4 is 45.4 Å². The molecule has 0 unspecified atom stereocenters. The van der Waals surface area contributed by atoms with E-state index < -0.39 is 0 Å². The molecule has 0 bridgehead atoms. The van der Waals surface area contributed by atoms with Gasteiger partial charge in [-0.25, -0.2) is 9.78 Å². The van der Waals surface area contributed by atoms with Crippen LogP contribution in [0.2, 0.25) is 0 Å². The number of benzene rings is 1. The van der Waals surface area contributed by atoms with Gasteiger partial charge in [-0.1, -0.05) is 6.07 Å². The molecule has 0 spiro atoms. The minimum Gasteiger partial charge on any atom is -0.455 e. The highest BCUT2D eigenvalue weighted by molar-refractivity contribution is 7.14. The fourth-order valence-corrected chi connectivity index (χ4v) is 4.23. The number of rotatable bonds is 5. The summed E-state index contributed by atoms with van der Waals surface area (Å²) in [5.41, 5.74) is 4.57. The second-order valence-corrected chi connectivity index (χ2v) is 8.01. The molecule has 3 rings (SSSR count). The Bertz CT molecular complexity index is 991. The normalized spacial score (nSPS) is 10.7. The van der Waals surface area contributed by atoms with Gasteiger partial charge in [0.1, 0.15) is 11.5 Å². The number of ether oxygens (including phenoxy) is 1. The number of aryl methyl sites for hydroxylation is 3. The van der Waals surface area contributed by atoms with Crippen LogP contribution in [0.25, 0.3) is 0 Å². The van der Waals surface area contributed by atoms with Crippen LogP contribution in [0.3, 0.4) is 0 Å². The van der Waals surface area contributed by atoms with E-state index in [1.165, 1.54) is 29.6 Å². The molecule has 140 valence electrons. The Kier molecular flexibility index (Phi) is 5.72. The molecule has 0 aliphatic carbocycles. The summed E-state index contributed by atoms with van der Waals surface area (Å²) in [6.45, 7) is 7.50. The maximum atomic E-state index is 12.2. The Morgan fingerprint density at radius 2 is 1.85 bits per heavy atom. The van der Waals surface area contributed by atoms with Crippen molar-refractivity contribution in [1.82, 2.24) is 4.98 Å². The summed E-state index contributed by atoms with van der Waals surface area (Å²) in [7, 11) is 0. The van der Waals surface area contributed by atoms with E-state index in [1.807, 2.05) is 50.4 Å². The third kappa shape index (κ3) is 4.26. The van der Waals surface area contributed by atoms with Gasteiger partial charge in [-0.2, -0.15) is 0 Å². The number of hydrogen-bond acceptors (Lipinski definition) is 6. The van der Waals surface area contributed by atoms with Gasteiger partial charge in [0, 0.05) is 12.3 Å². The SMILES string of the molecule is CC(=O)N(c1ccc(C)c(C)c1)c1nc(COC(=O)c2sccc2C)cs1. The Balaban J connectivity index is 1.76. The highest BCUT2D eigenvalue weighted by Crippen LogP contribution is 2.30. The third-order valence-corrected chi connectivity index (χ3v) is 6.06. The highest BCUT2D eigenvalue weighted by Gasteiger charge is 2.19. The summed E-state index contributed by atoms with van der Waals surface area (Å²) >= 11 is 2.71. The van der Waals surface area contributed by atoms with Crippen LogP contribution in [0.5, 0.6) is 0 Å². The number of carbonyl (C=O) groups excluding carboxylic acids is 2. The summed E-state index contributed by atoms with van der Waals surface area (Å²) in [6.07, 6.45) is 0. The maximum absolute atomic E-state index is 12.2. The monoisotopic (exact) mass is 400 g/mol. The zero-order valence-corrected chi connectivity index (χ0v) is 17.2. The summed E-state index contributed by atoms with van der Waals surface area (Å²) < 4.78 is 5.36. The number of hydrogen-bond donors (Lipinski definition) is 0. The van der Waals surface area contributed by atoms with Gasteiger partial charge in [-0.3, -0.25) is 9.69 Å². The molecule has 0 aliphatic rings. The fraction of sp³-hybridized carbons (Fsp3) is 0.250. The van der Waals surface area contributed by atoms with Gasteiger partial charge in [0.05, 0.1) is 11.4 Å². The second-order valence-electron chi connectivity index (χ2n) is 6.25. The van der Waals surface area contributed by atoms with Gasteiger partial charge in [-0.05, 0) is 61.0 Å². The van der Waals surface area contributed by atoms with Gasteiger partial charge >= 0.3 is 5.97 Å². The first-order valence-electron chi connectivity index (χ1n) is 8.40. The van der Waals surface area contributed by atoms with Crippen molar-refractivity contribution in [2.75, 3.05) is 4.90 Å². The molecule has 0 radical (unpaired) electrons. The van der Waals surface area contributed by atoms with Crippen molar-refractivity contribution in [3.05, 3.63) is 62.3 Å². The molecule has 0 saturated carbocycles. The van der Waals surface area contributed by atoms with Crippen LogP contribution in [0.15, 0.2) is 35.0 Å². The molecule has 0 aliphatic heterocycles. The van der Waals surface area contributed by atoms with E-state index in [0.717, 1.165) is 22.4 Å². The summed E-state index contributed by atoms with van der Waals surface area (Å²) in [6, 6.07) is 7.75.